The van der Waals surface area contributed by atoms with Crippen LogP contribution in [0, 0.1) is 23.7 Å². The number of carbonyl (C=O) groups is 1. The Kier molecular flexibility index (Phi) is 2.76. The normalized spacial score (nSPS) is 45.4. The number of allylic oxidation sites excluding steroid dienone is 1. The lowest BCUT2D eigenvalue weighted by molar-refractivity contribution is -0.167. The Morgan fingerprint density at radius 3 is 2.82 bits per heavy atom. The van der Waals surface area contributed by atoms with Crippen molar-refractivity contribution in [1.82, 2.24) is 0 Å². The van der Waals surface area contributed by atoms with Crippen LogP contribution < -0.4 is 0 Å². The molecule has 0 aromatic heterocycles. The number of rotatable bonds is 1. The summed E-state index contributed by atoms with van der Waals surface area (Å²) < 4.78 is 5.76. The minimum absolute atomic E-state index is 0.0400. The zero-order valence-electron chi connectivity index (χ0n) is 10.8. The third kappa shape index (κ3) is 1.73. The number of hydrogen-bond donors (Lipinski definition) is 0. The van der Waals surface area contributed by atoms with Gasteiger partial charge in [0.25, 0.3) is 0 Å². The van der Waals surface area contributed by atoms with Gasteiger partial charge < -0.3 is 4.74 Å². The van der Waals surface area contributed by atoms with E-state index in [1.54, 1.807) is 0 Å². The molecular formula is C15H22O2. The Labute approximate surface area is 103 Å². The summed E-state index contributed by atoms with van der Waals surface area (Å²) >= 11 is 0. The van der Waals surface area contributed by atoms with Crippen molar-refractivity contribution >= 4 is 5.97 Å². The topological polar surface area (TPSA) is 26.3 Å². The lowest BCUT2D eigenvalue weighted by atomic mass is 9.74. The Hall–Kier alpha value is -0.790. The third-order valence-electron chi connectivity index (χ3n) is 5.16. The molecule has 0 amide bonds. The van der Waals surface area contributed by atoms with Gasteiger partial charge in [0.05, 0.1) is 5.92 Å². The van der Waals surface area contributed by atoms with Crippen molar-refractivity contribution in [3.05, 3.63) is 11.6 Å². The standard InChI is InChI=1S/C15H22O2/c1-9-7-8-12-10(2)15(16)17-14(13(9)12)11-5-3-4-6-11/h5,9-10,12-14H,3-4,6-8H2,1-2H3/t9-,10+,12+,13+,14-/m1/s1. The molecule has 1 saturated carbocycles. The molecule has 3 rings (SSSR count). The average molecular weight is 234 g/mol. The first kappa shape index (κ1) is 11.3. The summed E-state index contributed by atoms with van der Waals surface area (Å²) in [5.74, 6) is 2.02. The molecule has 0 spiro atoms. The monoisotopic (exact) mass is 234 g/mol. The Morgan fingerprint density at radius 1 is 1.29 bits per heavy atom. The summed E-state index contributed by atoms with van der Waals surface area (Å²) in [6.07, 6.45) is 8.46. The third-order valence-corrected chi connectivity index (χ3v) is 5.16. The fourth-order valence-corrected chi connectivity index (χ4v) is 4.13. The summed E-state index contributed by atoms with van der Waals surface area (Å²) in [5, 5.41) is 0. The second kappa shape index (κ2) is 4.15. The van der Waals surface area contributed by atoms with Gasteiger partial charge in [-0.05, 0) is 49.5 Å². The maximum absolute atomic E-state index is 12.0. The van der Waals surface area contributed by atoms with E-state index in [0.717, 1.165) is 6.42 Å². The Balaban J connectivity index is 1.89. The van der Waals surface area contributed by atoms with Gasteiger partial charge in [-0.3, -0.25) is 4.79 Å². The van der Waals surface area contributed by atoms with Gasteiger partial charge in [-0.25, -0.2) is 0 Å². The first-order valence-electron chi connectivity index (χ1n) is 7.08. The minimum atomic E-state index is 0.0400. The van der Waals surface area contributed by atoms with Crippen LogP contribution >= 0.6 is 0 Å². The van der Waals surface area contributed by atoms with E-state index in [-0.39, 0.29) is 18.0 Å². The van der Waals surface area contributed by atoms with E-state index in [1.165, 1.54) is 31.3 Å². The molecule has 1 saturated heterocycles. The van der Waals surface area contributed by atoms with E-state index in [9.17, 15) is 4.79 Å². The van der Waals surface area contributed by atoms with E-state index < -0.39 is 0 Å². The summed E-state index contributed by atoms with van der Waals surface area (Å²) in [7, 11) is 0. The second-order valence-corrected chi connectivity index (χ2v) is 6.11. The Bertz CT molecular complexity index is 358. The maximum atomic E-state index is 12.0. The van der Waals surface area contributed by atoms with Crippen molar-refractivity contribution in [3.63, 3.8) is 0 Å². The molecule has 2 fully saturated rings. The van der Waals surface area contributed by atoms with Crippen molar-refractivity contribution in [1.29, 1.82) is 0 Å². The molecule has 17 heavy (non-hydrogen) atoms. The van der Waals surface area contributed by atoms with Crippen LogP contribution in [0.15, 0.2) is 11.6 Å². The number of cyclic esters (lactones) is 1. The highest BCUT2D eigenvalue weighted by molar-refractivity contribution is 5.74. The molecule has 2 heteroatoms. The molecule has 0 radical (unpaired) electrons. The number of ether oxygens (including phenoxy) is 1. The van der Waals surface area contributed by atoms with Crippen LogP contribution in [0.2, 0.25) is 0 Å². The number of hydrogen-bond acceptors (Lipinski definition) is 2. The molecule has 5 atom stereocenters. The smallest absolute Gasteiger partial charge is 0.309 e. The molecule has 1 heterocycles. The average Bonchev–Trinajstić information content (AvgIpc) is 2.93. The highest BCUT2D eigenvalue weighted by atomic mass is 16.5. The molecule has 0 bridgehead atoms. The SMILES string of the molecule is C[C@@H]1CC[C@@H]2[C@H]1[C@@H](C1=CCCC1)OC(=O)[C@H]2C. The molecule has 0 aromatic rings. The number of fused-ring (bicyclic) bond motifs is 1. The minimum Gasteiger partial charge on any atom is -0.457 e. The van der Waals surface area contributed by atoms with Crippen LogP contribution in [-0.4, -0.2) is 12.1 Å². The summed E-state index contributed by atoms with van der Waals surface area (Å²) in [6, 6.07) is 0. The summed E-state index contributed by atoms with van der Waals surface area (Å²) in [4.78, 5) is 12.0. The van der Waals surface area contributed by atoms with Crippen LogP contribution in [0.1, 0.15) is 46.0 Å². The number of carbonyl (C=O) groups excluding carboxylic acids is 1. The van der Waals surface area contributed by atoms with Gasteiger partial charge in [-0.1, -0.05) is 19.9 Å². The predicted molar refractivity (Wildman–Crippen MR) is 66.4 cm³/mol. The predicted octanol–water partition coefficient (Wildman–Crippen LogP) is 3.32. The van der Waals surface area contributed by atoms with Crippen LogP contribution in [-0.2, 0) is 9.53 Å². The molecule has 1 aliphatic heterocycles. The fourth-order valence-electron chi connectivity index (χ4n) is 4.13. The lowest BCUT2D eigenvalue weighted by Crippen LogP contribution is -2.44. The van der Waals surface area contributed by atoms with E-state index >= 15 is 0 Å². The number of esters is 1. The van der Waals surface area contributed by atoms with Crippen molar-refractivity contribution in [2.45, 2.75) is 52.1 Å². The van der Waals surface area contributed by atoms with Gasteiger partial charge in [-0.2, -0.15) is 0 Å². The summed E-state index contributed by atoms with van der Waals surface area (Å²) in [5.41, 5.74) is 1.41. The fraction of sp³-hybridized carbons (Fsp3) is 0.800. The molecule has 0 unspecified atom stereocenters. The quantitative estimate of drug-likeness (QED) is 0.514. The molecule has 0 N–H and O–H groups in total. The lowest BCUT2D eigenvalue weighted by Gasteiger charge is -2.39. The maximum Gasteiger partial charge on any atom is 0.309 e. The molecule has 3 aliphatic rings. The van der Waals surface area contributed by atoms with Gasteiger partial charge in [0.2, 0.25) is 0 Å². The van der Waals surface area contributed by atoms with E-state index in [0.29, 0.717) is 17.8 Å². The van der Waals surface area contributed by atoms with Crippen molar-refractivity contribution in [2.75, 3.05) is 0 Å². The van der Waals surface area contributed by atoms with Crippen LogP contribution in [0.4, 0.5) is 0 Å². The zero-order chi connectivity index (χ0) is 12.0. The summed E-state index contributed by atoms with van der Waals surface area (Å²) in [6.45, 7) is 4.39. The van der Waals surface area contributed by atoms with E-state index in [4.69, 9.17) is 4.74 Å². The van der Waals surface area contributed by atoms with Crippen LogP contribution in [0.25, 0.3) is 0 Å². The van der Waals surface area contributed by atoms with Gasteiger partial charge >= 0.3 is 5.97 Å². The molecular weight excluding hydrogens is 212 g/mol. The molecule has 0 aromatic carbocycles. The van der Waals surface area contributed by atoms with Gasteiger partial charge in [-0.15, -0.1) is 0 Å². The second-order valence-electron chi connectivity index (χ2n) is 6.11. The van der Waals surface area contributed by atoms with Gasteiger partial charge in [0.15, 0.2) is 0 Å². The molecule has 94 valence electrons. The van der Waals surface area contributed by atoms with Crippen LogP contribution in [0.3, 0.4) is 0 Å². The highest BCUT2D eigenvalue weighted by Crippen LogP contribution is 2.49. The van der Waals surface area contributed by atoms with Crippen LogP contribution in [0.5, 0.6) is 0 Å². The van der Waals surface area contributed by atoms with E-state index in [2.05, 4.69) is 19.9 Å². The first-order chi connectivity index (χ1) is 8.18. The van der Waals surface area contributed by atoms with Crippen molar-refractivity contribution < 1.29 is 9.53 Å². The zero-order valence-corrected chi connectivity index (χ0v) is 10.8. The molecule has 2 nitrogen and oxygen atoms in total. The van der Waals surface area contributed by atoms with E-state index in [1.807, 2.05) is 0 Å². The van der Waals surface area contributed by atoms with Crippen molar-refractivity contribution in [3.8, 4) is 0 Å². The molecule has 2 aliphatic carbocycles. The first-order valence-corrected chi connectivity index (χ1v) is 7.08. The highest BCUT2D eigenvalue weighted by Gasteiger charge is 2.50. The van der Waals surface area contributed by atoms with Gasteiger partial charge in [0, 0.05) is 5.92 Å². The largest absolute Gasteiger partial charge is 0.457 e. The Morgan fingerprint density at radius 2 is 2.12 bits per heavy atom. The van der Waals surface area contributed by atoms with Crippen molar-refractivity contribution in [2.24, 2.45) is 23.7 Å². The van der Waals surface area contributed by atoms with Gasteiger partial charge in [0.1, 0.15) is 6.10 Å².